The minimum atomic E-state index is -0.438. The molecule has 0 heterocycles. The predicted octanol–water partition coefficient (Wildman–Crippen LogP) is 3.06. The van der Waals surface area contributed by atoms with Crippen molar-refractivity contribution in [3.63, 3.8) is 0 Å². The molecule has 0 aliphatic heterocycles. The van der Waals surface area contributed by atoms with E-state index in [0.29, 0.717) is 12.2 Å². The summed E-state index contributed by atoms with van der Waals surface area (Å²) >= 11 is 0. The Balaban J connectivity index is 2.40. The molecule has 0 aromatic heterocycles. The fourth-order valence-corrected chi connectivity index (χ4v) is 1.69. The van der Waals surface area contributed by atoms with Crippen molar-refractivity contribution >= 4 is 0 Å². The summed E-state index contributed by atoms with van der Waals surface area (Å²) in [4.78, 5) is 2.26. The molecule has 0 bridgehead atoms. The number of halogens is 1. The summed E-state index contributed by atoms with van der Waals surface area (Å²) in [7, 11) is 0. The van der Waals surface area contributed by atoms with Crippen molar-refractivity contribution in [2.75, 3.05) is 26.2 Å². The molecule has 1 aromatic rings. The Morgan fingerprint density at radius 3 is 2.53 bits per heavy atom. The minimum absolute atomic E-state index is 0.254. The van der Waals surface area contributed by atoms with Crippen molar-refractivity contribution in [1.29, 1.82) is 0 Å². The summed E-state index contributed by atoms with van der Waals surface area (Å²) in [6.45, 7) is 11.5. The van der Waals surface area contributed by atoms with Crippen LogP contribution < -0.4 is 0 Å². The van der Waals surface area contributed by atoms with Gasteiger partial charge in [-0.3, -0.25) is 0 Å². The van der Waals surface area contributed by atoms with E-state index in [1.807, 2.05) is 0 Å². The highest BCUT2D eigenvalue weighted by molar-refractivity contribution is 5.20. The maximum Gasteiger partial charge on any atom is 0.129 e. The van der Waals surface area contributed by atoms with Crippen molar-refractivity contribution in [2.24, 2.45) is 0 Å². The van der Waals surface area contributed by atoms with Crippen molar-refractivity contribution in [1.82, 2.24) is 4.90 Å². The molecule has 0 saturated carbocycles. The Labute approximate surface area is 103 Å². The molecule has 0 saturated heterocycles. The molecule has 1 radical (unpaired) electrons. The number of hydrogen-bond donors (Lipinski definition) is 0. The van der Waals surface area contributed by atoms with Gasteiger partial charge in [0.25, 0.3) is 0 Å². The van der Waals surface area contributed by atoms with E-state index in [-0.39, 0.29) is 5.82 Å². The number of ether oxygens (including phenoxy) is 1. The van der Waals surface area contributed by atoms with E-state index in [4.69, 9.17) is 4.74 Å². The fraction of sp³-hybridized carbons (Fsp3) is 0.500. The number of rotatable bonds is 7. The first-order valence-electron chi connectivity index (χ1n) is 6.10. The van der Waals surface area contributed by atoms with Crippen molar-refractivity contribution in [3.8, 4) is 0 Å². The number of hydrogen-bond acceptors (Lipinski definition) is 2. The smallest absolute Gasteiger partial charge is 0.129 e. The van der Waals surface area contributed by atoms with Crippen molar-refractivity contribution < 1.29 is 9.13 Å². The lowest BCUT2D eigenvalue weighted by Crippen LogP contribution is -2.27. The first-order valence-corrected chi connectivity index (χ1v) is 6.10. The first-order chi connectivity index (χ1) is 8.19. The van der Waals surface area contributed by atoms with Crippen LogP contribution in [0.25, 0.3) is 0 Å². The highest BCUT2D eigenvalue weighted by atomic mass is 19.1. The van der Waals surface area contributed by atoms with Gasteiger partial charge in [-0.15, -0.1) is 0 Å². The molecule has 1 rings (SSSR count). The summed E-state index contributed by atoms with van der Waals surface area (Å²) in [6, 6.07) is 6.61. The third-order valence-corrected chi connectivity index (χ3v) is 2.87. The van der Waals surface area contributed by atoms with E-state index in [1.54, 1.807) is 18.2 Å². The van der Waals surface area contributed by atoms with E-state index < -0.39 is 6.10 Å². The van der Waals surface area contributed by atoms with Crippen LogP contribution in [0.15, 0.2) is 24.3 Å². The minimum Gasteiger partial charge on any atom is -0.372 e. The molecule has 0 N–H and O–H groups in total. The summed E-state index contributed by atoms with van der Waals surface area (Å²) in [5.41, 5.74) is 0.520. The van der Waals surface area contributed by atoms with Crippen LogP contribution in [0.1, 0.15) is 25.5 Å². The molecule has 17 heavy (non-hydrogen) atoms. The Morgan fingerprint density at radius 1 is 1.29 bits per heavy atom. The van der Waals surface area contributed by atoms with E-state index in [0.717, 1.165) is 19.6 Å². The quantitative estimate of drug-likeness (QED) is 0.724. The first kappa shape index (κ1) is 14.1. The number of nitrogens with zero attached hydrogens (tertiary/aromatic N) is 1. The molecule has 2 nitrogen and oxygen atoms in total. The summed E-state index contributed by atoms with van der Waals surface area (Å²) in [6.07, 6.45) is -0.438. The lowest BCUT2D eigenvalue weighted by Gasteiger charge is -2.20. The van der Waals surface area contributed by atoms with Crippen LogP contribution in [0.4, 0.5) is 4.39 Å². The molecule has 1 unspecified atom stereocenters. The van der Waals surface area contributed by atoms with Crippen LogP contribution in [-0.2, 0) is 4.74 Å². The average Bonchev–Trinajstić information content (AvgIpc) is 2.35. The largest absolute Gasteiger partial charge is 0.372 e. The molecule has 1 aromatic carbocycles. The summed E-state index contributed by atoms with van der Waals surface area (Å²) in [5, 5.41) is 0. The summed E-state index contributed by atoms with van der Waals surface area (Å²) < 4.78 is 19.0. The van der Waals surface area contributed by atoms with E-state index in [9.17, 15) is 4.39 Å². The lowest BCUT2D eigenvalue weighted by atomic mass is 10.1. The van der Waals surface area contributed by atoms with Gasteiger partial charge in [0.15, 0.2) is 0 Å². The SMILES string of the molecule is [CH2]C(OCCN(CC)CC)c1ccccc1F. The van der Waals surface area contributed by atoms with Crippen LogP contribution in [-0.4, -0.2) is 31.1 Å². The van der Waals surface area contributed by atoms with Crippen molar-refractivity contribution in [3.05, 3.63) is 42.6 Å². The second-order valence-electron chi connectivity index (χ2n) is 3.91. The summed E-state index contributed by atoms with van der Waals surface area (Å²) in [5.74, 6) is -0.254. The molecule has 95 valence electrons. The fourth-order valence-electron chi connectivity index (χ4n) is 1.69. The van der Waals surface area contributed by atoms with Gasteiger partial charge in [-0.05, 0) is 26.1 Å². The molecular formula is C14H21FNO. The van der Waals surface area contributed by atoms with E-state index in [2.05, 4.69) is 25.7 Å². The topological polar surface area (TPSA) is 12.5 Å². The van der Waals surface area contributed by atoms with Gasteiger partial charge < -0.3 is 9.64 Å². The van der Waals surface area contributed by atoms with Crippen LogP contribution in [0.5, 0.6) is 0 Å². The Hall–Kier alpha value is -0.930. The molecule has 0 amide bonds. The van der Waals surface area contributed by atoms with Crippen LogP contribution in [0.3, 0.4) is 0 Å². The van der Waals surface area contributed by atoms with Crippen molar-refractivity contribution in [2.45, 2.75) is 20.0 Å². The van der Waals surface area contributed by atoms with E-state index in [1.165, 1.54) is 6.07 Å². The van der Waals surface area contributed by atoms with Gasteiger partial charge in [0.1, 0.15) is 5.82 Å². The molecule has 0 aliphatic carbocycles. The maximum atomic E-state index is 13.4. The predicted molar refractivity (Wildman–Crippen MR) is 68.2 cm³/mol. The average molecular weight is 238 g/mol. The molecule has 1 atom stereocenters. The highest BCUT2D eigenvalue weighted by Gasteiger charge is 2.10. The second kappa shape index (κ2) is 7.41. The van der Waals surface area contributed by atoms with Gasteiger partial charge in [0.2, 0.25) is 0 Å². The van der Waals surface area contributed by atoms with Crippen LogP contribution in [0, 0.1) is 12.7 Å². The van der Waals surface area contributed by atoms with Gasteiger partial charge in [0, 0.05) is 12.1 Å². The van der Waals surface area contributed by atoms with Crippen LogP contribution in [0.2, 0.25) is 0 Å². The standard InChI is InChI=1S/C14H21FNO/c1-4-16(5-2)10-11-17-12(3)13-8-6-7-9-14(13)15/h6-9,12H,3-5,10-11H2,1-2H3. The van der Waals surface area contributed by atoms with Gasteiger partial charge >= 0.3 is 0 Å². The zero-order chi connectivity index (χ0) is 12.7. The number of likely N-dealkylation sites (N-methyl/N-ethyl adjacent to an activating group) is 1. The third kappa shape index (κ3) is 4.44. The molecule has 3 heteroatoms. The molecule has 0 aliphatic rings. The van der Waals surface area contributed by atoms with Crippen LogP contribution >= 0.6 is 0 Å². The van der Waals surface area contributed by atoms with Gasteiger partial charge in [-0.25, -0.2) is 4.39 Å². The highest BCUT2D eigenvalue weighted by Crippen LogP contribution is 2.19. The molecule has 0 fully saturated rings. The van der Waals surface area contributed by atoms with Gasteiger partial charge in [0.05, 0.1) is 12.7 Å². The number of benzene rings is 1. The second-order valence-corrected chi connectivity index (χ2v) is 3.91. The monoisotopic (exact) mass is 238 g/mol. The Kier molecular flexibility index (Phi) is 6.16. The zero-order valence-electron chi connectivity index (χ0n) is 10.7. The normalized spacial score (nSPS) is 13.0. The maximum absolute atomic E-state index is 13.4. The zero-order valence-corrected chi connectivity index (χ0v) is 10.7. The molecule has 0 spiro atoms. The third-order valence-electron chi connectivity index (χ3n) is 2.87. The van der Waals surface area contributed by atoms with Gasteiger partial charge in [-0.1, -0.05) is 32.0 Å². The van der Waals surface area contributed by atoms with E-state index >= 15 is 0 Å². The molecular weight excluding hydrogens is 217 g/mol. The Morgan fingerprint density at radius 2 is 1.94 bits per heavy atom. The Bertz CT molecular complexity index is 326. The lowest BCUT2D eigenvalue weighted by molar-refractivity contribution is 0.0626. The van der Waals surface area contributed by atoms with Gasteiger partial charge in [-0.2, -0.15) is 0 Å².